The number of rotatable bonds is 7. The molecule has 0 unspecified atom stereocenters. The van der Waals surface area contributed by atoms with E-state index in [9.17, 15) is 4.79 Å². The molecule has 9 heteroatoms. The minimum atomic E-state index is -0.254. The highest BCUT2D eigenvalue weighted by Crippen LogP contribution is 2.26. The van der Waals surface area contributed by atoms with Gasteiger partial charge in [0.05, 0.1) is 24.7 Å². The number of benzene rings is 1. The van der Waals surface area contributed by atoms with Crippen LogP contribution >= 0.6 is 0 Å². The lowest BCUT2D eigenvalue weighted by Crippen LogP contribution is -2.53. The first-order chi connectivity index (χ1) is 16.9. The van der Waals surface area contributed by atoms with Gasteiger partial charge in [0.15, 0.2) is 5.82 Å². The molecule has 4 rings (SSSR count). The molecule has 3 aromatic rings. The maximum Gasteiger partial charge on any atom is 0.273 e. The molecule has 1 aliphatic heterocycles. The lowest BCUT2D eigenvalue weighted by Gasteiger charge is -2.41. The molecule has 184 valence electrons. The standard InChI is InChI=1S/C26H33N7O2/c1-18-17-32(25-20(3)19(2)22(29-30-25)14-21-8-6-5-7-9-21)10-11-33(18)24-16-27-23(15-28-24)26(35)31(4)12-13-34/h5-9,15-16,18,34H,10-14,17H2,1-4H3/t18-/m1/s1. The van der Waals surface area contributed by atoms with Crippen molar-refractivity contribution in [3.8, 4) is 0 Å². The maximum atomic E-state index is 12.4. The smallest absolute Gasteiger partial charge is 0.273 e. The first-order valence-electron chi connectivity index (χ1n) is 12.0. The molecule has 35 heavy (non-hydrogen) atoms. The van der Waals surface area contributed by atoms with E-state index in [0.29, 0.717) is 0 Å². The van der Waals surface area contributed by atoms with E-state index < -0.39 is 0 Å². The molecule has 1 aliphatic rings. The summed E-state index contributed by atoms with van der Waals surface area (Å²) < 4.78 is 0. The van der Waals surface area contributed by atoms with Gasteiger partial charge < -0.3 is 19.8 Å². The van der Waals surface area contributed by atoms with Gasteiger partial charge in [-0.3, -0.25) is 4.79 Å². The summed E-state index contributed by atoms with van der Waals surface area (Å²) >= 11 is 0. The highest BCUT2D eigenvalue weighted by molar-refractivity contribution is 5.91. The minimum absolute atomic E-state index is 0.0886. The van der Waals surface area contributed by atoms with Gasteiger partial charge in [-0.15, -0.1) is 5.10 Å². The van der Waals surface area contributed by atoms with Crippen LogP contribution in [0.1, 0.15) is 39.8 Å². The van der Waals surface area contributed by atoms with Crippen LogP contribution < -0.4 is 9.80 Å². The SMILES string of the molecule is Cc1c(Cc2ccccc2)nnc(N2CCN(c3cnc(C(=O)N(C)CCO)cn3)[C@H](C)C2)c1C. The Morgan fingerprint density at radius 3 is 2.51 bits per heavy atom. The zero-order valence-corrected chi connectivity index (χ0v) is 20.8. The highest BCUT2D eigenvalue weighted by atomic mass is 16.3. The molecular formula is C26H33N7O2. The van der Waals surface area contributed by atoms with Crippen LogP contribution in [0, 0.1) is 13.8 Å². The Morgan fingerprint density at radius 1 is 1.09 bits per heavy atom. The second kappa shape index (κ2) is 10.8. The summed E-state index contributed by atoms with van der Waals surface area (Å²) in [5, 5.41) is 18.2. The van der Waals surface area contributed by atoms with E-state index in [1.165, 1.54) is 27.8 Å². The van der Waals surface area contributed by atoms with Crippen molar-refractivity contribution in [3.63, 3.8) is 0 Å². The fraction of sp³-hybridized carbons (Fsp3) is 0.423. The van der Waals surface area contributed by atoms with Crippen molar-refractivity contribution in [3.05, 3.63) is 70.8 Å². The predicted molar refractivity (Wildman–Crippen MR) is 136 cm³/mol. The number of anilines is 2. The molecule has 0 aliphatic carbocycles. The zero-order chi connectivity index (χ0) is 24.9. The van der Waals surface area contributed by atoms with Crippen molar-refractivity contribution in [2.24, 2.45) is 0 Å². The Morgan fingerprint density at radius 2 is 1.86 bits per heavy atom. The summed E-state index contributed by atoms with van der Waals surface area (Å²) in [7, 11) is 1.64. The molecule has 9 nitrogen and oxygen atoms in total. The van der Waals surface area contributed by atoms with Crippen LogP contribution in [0.3, 0.4) is 0 Å². The topological polar surface area (TPSA) is 98.6 Å². The number of aliphatic hydroxyl groups is 1. The number of amides is 1. The van der Waals surface area contributed by atoms with Crippen LogP contribution in [0.2, 0.25) is 0 Å². The Hall–Kier alpha value is -3.59. The molecular weight excluding hydrogens is 442 g/mol. The molecule has 3 heterocycles. The van der Waals surface area contributed by atoms with Gasteiger partial charge in [-0.2, -0.15) is 5.10 Å². The van der Waals surface area contributed by atoms with Crippen molar-refractivity contribution >= 4 is 17.5 Å². The Balaban J connectivity index is 1.43. The monoisotopic (exact) mass is 475 g/mol. The van der Waals surface area contributed by atoms with Gasteiger partial charge in [-0.1, -0.05) is 30.3 Å². The van der Waals surface area contributed by atoms with E-state index in [4.69, 9.17) is 5.11 Å². The van der Waals surface area contributed by atoms with Gasteiger partial charge >= 0.3 is 0 Å². The molecule has 1 amide bonds. The van der Waals surface area contributed by atoms with E-state index in [2.05, 4.69) is 62.9 Å². The minimum Gasteiger partial charge on any atom is -0.395 e. The molecule has 1 N–H and O–H groups in total. The van der Waals surface area contributed by atoms with Crippen LogP contribution in [0.4, 0.5) is 11.6 Å². The number of piperazine rings is 1. The molecule has 0 saturated carbocycles. The second-order valence-electron chi connectivity index (χ2n) is 9.08. The van der Waals surface area contributed by atoms with Crippen molar-refractivity contribution in [2.75, 3.05) is 49.6 Å². The van der Waals surface area contributed by atoms with E-state index in [1.54, 1.807) is 13.2 Å². The van der Waals surface area contributed by atoms with Gasteiger partial charge in [0, 0.05) is 45.7 Å². The van der Waals surface area contributed by atoms with Crippen LogP contribution in [0.25, 0.3) is 0 Å². The number of aromatic nitrogens is 4. The summed E-state index contributed by atoms with van der Waals surface area (Å²) in [6, 6.07) is 10.5. The van der Waals surface area contributed by atoms with E-state index in [1.807, 2.05) is 18.2 Å². The molecule has 1 aromatic carbocycles. The van der Waals surface area contributed by atoms with Crippen LogP contribution in [-0.2, 0) is 6.42 Å². The summed E-state index contributed by atoms with van der Waals surface area (Å²) in [5.74, 6) is 1.43. The van der Waals surface area contributed by atoms with Gasteiger partial charge in [0.1, 0.15) is 11.5 Å². The molecule has 1 saturated heterocycles. The van der Waals surface area contributed by atoms with E-state index in [-0.39, 0.29) is 30.8 Å². The maximum absolute atomic E-state index is 12.4. The Labute approximate surface area is 206 Å². The lowest BCUT2D eigenvalue weighted by molar-refractivity contribution is 0.0760. The number of likely N-dealkylation sites (N-methyl/N-ethyl adjacent to an activating group) is 1. The van der Waals surface area contributed by atoms with Crippen molar-refractivity contribution in [1.82, 2.24) is 25.1 Å². The van der Waals surface area contributed by atoms with Gasteiger partial charge in [-0.25, -0.2) is 9.97 Å². The van der Waals surface area contributed by atoms with Crippen molar-refractivity contribution in [2.45, 2.75) is 33.2 Å². The quantitative estimate of drug-likeness (QED) is 0.556. The fourth-order valence-electron chi connectivity index (χ4n) is 4.42. The summed E-state index contributed by atoms with van der Waals surface area (Å²) in [4.78, 5) is 27.1. The third kappa shape index (κ3) is 5.40. The predicted octanol–water partition coefficient (Wildman–Crippen LogP) is 2.25. The lowest BCUT2D eigenvalue weighted by atomic mass is 10.0. The molecule has 2 aromatic heterocycles. The number of carbonyl (C=O) groups excluding carboxylic acids is 1. The van der Waals surface area contributed by atoms with E-state index >= 15 is 0 Å². The van der Waals surface area contributed by atoms with Crippen molar-refractivity contribution in [1.29, 1.82) is 0 Å². The van der Waals surface area contributed by atoms with Crippen molar-refractivity contribution < 1.29 is 9.90 Å². The number of hydrogen-bond donors (Lipinski definition) is 1. The number of hydrogen-bond acceptors (Lipinski definition) is 8. The Bertz CT molecular complexity index is 1150. The molecule has 1 atom stereocenters. The van der Waals surface area contributed by atoms with Gasteiger partial charge in [0.25, 0.3) is 5.91 Å². The van der Waals surface area contributed by atoms with Crippen LogP contribution in [0.5, 0.6) is 0 Å². The molecule has 0 spiro atoms. The second-order valence-corrected chi connectivity index (χ2v) is 9.08. The van der Waals surface area contributed by atoms with E-state index in [0.717, 1.165) is 43.4 Å². The highest BCUT2D eigenvalue weighted by Gasteiger charge is 2.28. The van der Waals surface area contributed by atoms with Gasteiger partial charge in [0.2, 0.25) is 0 Å². The third-order valence-electron chi connectivity index (χ3n) is 6.67. The average Bonchev–Trinajstić information content (AvgIpc) is 2.87. The number of aliphatic hydroxyl groups excluding tert-OH is 1. The molecule has 1 fully saturated rings. The molecule has 0 radical (unpaired) electrons. The summed E-state index contributed by atoms with van der Waals surface area (Å²) in [5.41, 5.74) is 4.87. The Kier molecular flexibility index (Phi) is 7.55. The normalized spacial score (nSPS) is 15.9. The largest absolute Gasteiger partial charge is 0.395 e. The molecule has 0 bridgehead atoms. The van der Waals surface area contributed by atoms with Crippen LogP contribution in [-0.4, -0.2) is 82.0 Å². The zero-order valence-electron chi connectivity index (χ0n) is 20.8. The fourth-order valence-corrected chi connectivity index (χ4v) is 4.42. The number of carbonyl (C=O) groups is 1. The third-order valence-corrected chi connectivity index (χ3v) is 6.67. The first kappa shape index (κ1) is 24.5. The number of nitrogens with zero attached hydrogens (tertiary/aromatic N) is 7. The summed E-state index contributed by atoms with van der Waals surface area (Å²) in [6.45, 7) is 8.92. The van der Waals surface area contributed by atoms with Crippen LogP contribution in [0.15, 0.2) is 42.7 Å². The first-order valence-corrected chi connectivity index (χ1v) is 12.0. The summed E-state index contributed by atoms with van der Waals surface area (Å²) in [6.07, 6.45) is 3.94. The van der Waals surface area contributed by atoms with Gasteiger partial charge in [-0.05, 0) is 37.5 Å². The average molecular weight is 476 g/mol.